The predicted molar refractivity (Wildman–Crippen MR) is 82.3 cm³/mol. The third-order valence-corrected chi connectivity index (χ3v) is 3.68. The number of piperazine rings is 1. The minimum Gasteiger partial charge on any atom is -0.450 e. The molecule has 6 nitrogen and oxygen atoms in total. The highest BCUT2D eigenvalue weighted by Gasteiger charge is 2.23. The second-order valence-electron chi connectivity index (χ2n) is 5.17. The fourth-order valence-corrected chi connectivity index (χ4v) is 2.47. The average Bonchev–Trinajstić information content (AvgIpc) is 2.47. The molecule has 0 spiro atoms. The van der Waals surface area contributed by atoms with Gasteiger partial charge < -0.3 is 25.4 Å². The van der Waals surface area contributed by atoms with E-state index in [1.807, 2.05) is 12.1 Å². The van der Waals surface area contributed by atoms with E-state index in [4.69, 9.17) is 10.5 Å². The molecule has 0 unspecified atom stereocenters. The van der Waals surface area contributed by atoms with E-state index in [2.05, 4.69) is 4.90 Å². The van der Waals surface area contributed by atoms with Crippen LogP contribution in [-0.4, -0.2) is 48.9 Å². The Kier molecular flexibility index (Phi) is 4.90. The Morgan fingerprint density at radius 3 is 2.57 bits per heavy atom. The molecular formula is C15H23N3O3. The molecule has 21 heavy (non-hydrogen) atoms. The van der Waals surface area contributed by atoms with E-state index in [0.29, 0.717) is 25.4 Å². The van der Waals surface area contributed by atoms with Crippen LogP contribution in [0.5, 0.6) is 0 Å². The van der Waals surface area contributed by atoms with Crippen LogP contribution in [0.25, 0.3) is 0 Å². The van der Waals surface area contributed by atoms with Gasteiger partial charge in [0, 0.05) is 26.2 Å². The maximum atomic E-state index is 11.7. The van der Waals surface area contributed by atoms with Crippen LogP contribution in [0.15, 0.2) is 18.2 Å². The number of rotatable bonds is 3. The van der Waals surface area contributed by atoms with Crippen molar-refractivity contribution in [3.8, 4) is 0 Å². The molecule has 1 heterocycles. The van der Waals surface area contributed by atoms with Gasteiger partial charge in [-0.1, -0.05) is 6.07 Å². The largest absolute Gasteiger partial charge is 0.450 e. The van der Waals surface area contributed by atoms with Crippen molar-refractivity contribution in [2.24, 2.45) is 0 Å². The topological polar surface area (TPSA) is 79.0 Å². The summed E-state index contributed by atoms with van der Waals surface area (Å²) in [6.45, 7) is 6.60. The smallest absolute Gasteiger partial charge is 0.409 e. The van der Waals surface area contributed by atoms with Gasteiger partial charge in [0.15, 0.2) is 0 Å². The number of carbonyl (C=O) groups excluding carboxylic acids is 1. The third kappa shape index (κ3) is 3.58. The first kappa shape index (κ1) is 15.4. The van der Waals surface area contributed by atoms with Gasteiger partial charge in [-0.2, -0.15) is 0 Å². The molecule has 116 valence electrons. The molecule has 0 bridgehead atoms. The molecule has 1 amide bonds. The number of aliphatic hydroxyl groups is 1. The summed E-state index contributed by atoms with van der Waals surface area (Å²) in [5.41, 5.74) is 8.48. The van der Waals surface area contributed by atoms with Crippen LogP contribution in [0.3, 0.4) is 0 Å². The number of anilines is 2. The zero-order valence-corrected chi connectivity index (χ0v) is 12.6. The lowest BCUT2D eigenvalue weighted by Crippen LogP contribution is -2.49. The van der Waals surface area contributed by atoms with Gasteiger partial charge in [0.2, 0.25) is 0 Å². The number of benzene rings is 1. The number of carbonyl (C=O) groups is 1. The first-order valence-corrected chi connectivity index (χ1v) is 7.27. The number of ether oxygens (including phenoxy) is 1. The standard InChI is InChI=1S/C15H23N3O3/c1-3-21-15(20)18-8-6-17(7-9-18)14-5-4-12(11(2)19)10-13(14)16/h4-5,10-11,19H,3,6-9,16H2,1-2H3/t11-/m0/s1. The Labute approximate surface area is 125 Å². The van der Waals surface area contributed by atoms with Gasteiger partial charge in [-0.3, -0.25) is 0 Å². The van der Waals surface area contributed by atoms with E-state index in [9.17, 15) is 9.90 Å². The van der Waals surface area contributed by atoms with Crippen LogP contribution < -0.4 is 10.6 Å². The van der Waals surface area contributed by atoms with Crippen molar-refractivity contribution in [1.29, 1.82) is 0 Å². The molecule has 0 saturated carbocycles. The summed E-state index contributed by atoms with van der Waals surface area (Å²) in [5.74, 6) is 0. The number of hydrogen-bond donors (Lipinski definition) is 2. The molecule has 3 N–H and O–H groups in total. The highest BCUT2D eigenvalue weighted by atomic mass is 16.6. The normalized spacial score (nSPS) is 16.7. The molecule has 0 aromatic heterocycles. The van der Waals surface area contributed by atoms with Crippen LogP contribution in [-0.2, 0) is 4.74 Å². The predicted octanol–water partition coefficient (Wildman–Crippen LogP) is 1.60. The van der Waals surface area contributed by atoms with Crippen LogP contribution in [0.1, 0.15) is 25.5 Å². The SMILES string of the molecule is CCOC(=O)N1CCN(c2ccc([C@H](C)O)cc2N)CC1. The molecule has 0 radical (unpaired) electrons. The Balaban J connectivity index is 2.01. The van der Waals surface area contributed by atoms with Gasteiger partial charge in [-0.25, -0.2) is 4.79 Å². The lowest BCUT2D eigenvalue weighted by molar-refractivity contribution is 0.105. The summed E-state index contributed by atoms with van der Waals surface area (Å²) in [7, 11) is 0. The van der Waals surface area contributed by atoms with E-state index in [1.165, 1.54) is 0 Å². The van der Waals surface area contributed by atoms with Crippen molar-refractivity contribution < 1.29 is 14.6 Å². The molecule has 2 rings (SSSR count). The van der Waals surface area contributed by atoms with Crippen molar-refractivity contribution in [2.75, 3.05) is 43.4 Å². The average molecular weight is 293 g/mol. The van der Waals surface area contributed by atoms with E-state index in [0.717, 1.165) is 24.3 Å². The van der Waals surface area contributed by atoms with Gasteiger partial charge in [0.25, 0.3) is 0 Å². The van der Waals surface area contributed by atoms with Crippen molar-refractivity contribution >= 4 is 17.5 Å². The highest BCUT2D eigenvalue weighted by molar-refractivity contribution is 5.71. The lowest BCUT2D eigenvalue weighted by atomic mass is 10.1. The fraction of sp³-hybridized carbons (Fsp3) is 0.533. The van der Waals surface area contributed by atoms with Crippen molar-refractivity contribution in [1.82, 2.24) is 4.90 Å². The zero-order valence-electron chi connectivity index (χ0n) is 12.6. The first-order valence-electron chi connectivity index (χ1n) is 7.27. The molecule has 6 heteroatoms. The van der Waals surface area contributed by atoms with Gasteiger partial charge in [0.05, 0.1) is 24.1 Å². The van der Waals surface area contributed by atoms with Crippen molar-refractivity contribution in [3.05, 3.63) is 23.8 Å². The molecule has 1 aromatic rings. The van der Waals surface area contributed by atoms with Crippen LogP contribution in [0, 0.1) is 0 Å². The number of nitrogens with two attached hydrogens (primary N) is 1. The molecule has 1 atom stereocenters. The zero-order chi connectivity index (χ0) is 15.4. The minimum absolute atomic E-state index is 0.255. The van der Waals surface area contributed by atoms with Gasteiger partial charge in [0.1, 0.15) is 0 Å². The van der Waals surface area contributed by atoms with Crippen LogP contribution in [0.2, 0.25) is 0 Å². The summed E-state index contributed by atoms with van der Waals surface area (Å²) in [6.07, 6.45) is -0.781. The molecule has 1 aromatic carbocycles. The second-order valence-corrected chi connectivity index (χ2v) is 5.17. The van der Waals surface area contributed by atoms with Gasteiger partial charge >= 0.3 is 6.09 Å². The van der Waals surface area contributed by atoms with Crippen molar-refractivity contribution in [2.45, 2.75) is 20.0 Å². The molecular weight excluding hydrogens is 270 g/mol. The number of hydrogen-bond acceptors (Lipinski definition) is 5. The Morgan fingerprint density at radius 1 is 1.38 bits per heavy atom. The maximum Gasteiger partial charge on any atom is 0.409 e. The molecule has 1 fully saturated rings. The monoisotopic (exact) mass is 293 g/mol. The van der Waals surface area contributed by atoms with E-state index >= 15 is 0 Å². The fourth-order valence-electron chi connectivity index (χ4n) is 2.47. The minimum atomic E-state index is -0.526. The third-order valence-electron chi connectivity index (χ3n) is 3.68. The summed E-state index contributed by atoms with van der Waals surface area (Å²) in [4.78, 5) is 15.5. The number of nitrogens with zero attached hydrogens (tertiary/aromatic N) is 2. The Hall–Kier alpha value is -1.95. The Morgan fingerprint density at radius 2 is 2.05 bits per heavy atom. The summed E-state index contributed by atoms with van der Waals surface area (Å²) in [6, 6.07) is 5.61. The summed E-state index contributed by atoms with van der Waals surface area (Å²) in [5, 5.41) is 9.57. The highest BCUT2D eigenvalue weighted by Crippen LogP contribution is 2.27. The lowest BCUT2D eigenvalue weighted by Gasteiger charge is -2.36. The molecule has 1 saturated heterocycles. The van der Waals surface area contributed by atoms with Gasteiger partial charge in [-0.15, -0.1) is 0 Å². The molecule has 0 aliphatic carbocycles. The summed E-state index contributed by atoms with van der Waals surface area (Å²) >= 11 is 0. The second kappa shape index (κ2) is 6.67. The van der Waals surface area contributed by atoms with Crippen molar-refractivity contribution in [3.63, 3.8) is 0 Å². The van der Waals surface area contributed by atoms with E-state index in [1.54, 1.807) is 24.8 Å². The summed E-state index contributed by atoms with van der Waals surface area (Å²) < 4.78 is 5.00. The van der Waals surface area contributed by atoms with Crippen LogP contribution >= 0.6 is 0 Å². The molecule has 1 aliphatic rings. The quantitative estimate of drug-likeness (QED) is 0.828. The van der Waals surface area contributed by atoms with E-state index in [-0.39, 0.29) is 6.09 Å². The van der Waals surface area contributed by atoms with Gasteiger partial charge in [-0.05, 0) is 31.5 Å². The first-order chi connectivity index (χ1) is 10.0. The van der Waals surface area contributed by atoms with Crippen LogP contribution in [0.4, 0.5) is 16.2 Å². The Bertz CT molecular complexity index is 497. The maximum absolute atomic E-state index is 11.7. The van der Waals surface area contributed by atoms with E-state index < -0.39 is 6.10 Å². The molecule has 1 aliphatic heterocycles. The number of amides is 1. The number of aliphatic hydroxyl groups excluding tert-OH is 1. The number of nitrogen functional groups attached to an aromatic ring is 1.